The molecule has 0 spiro atoms. The van der Waals surface area contributed by atoms with Crippen molar-refractivity contribution in [3.8, 4) is 12.3 Å². The maximum Gasteiger partial charge on any atom is 0.356 e. The van der Waals surface area contributed by atoms with Gasteiger partial charge in [0.2, 0.25) is 11.1 Å². The molecule has 2 aliphatic heterocycles. The molecule has 182 valence electrons. The molecule has 1 fully saturated rings. The molecule has 11 heteroatoms. The van der Waals surface area contributed by atoms with Crippen LogP contribution < -0.4 is 5.73 Å². The zero-order valence-electron chi connectivity index (χ0n) is 19.1. The third-order valence-corrected chi connectivity index (χ3v) is 8.23. The largest absolute Gasteiger partial charge is 0.448 e. The average Bonchev–Trinajstić information content (AvgIpc) is 3.37. The first kappa shape index (κ1) is 24.1. The third kappa shape index (κ3) is 4.63. The summed E-state index contributed by atoms with van der Waals surface area (Å²) < 4.78 is 7.61. The van der Waals surface area contributed by atoms with E-state index < -0.39 is 18.1 Å². The van der Waals surface area contributed by atoms with E-state index in [2.05, 4.69) is 21.4 Å². The second-order valence-corrected chi connectivity index (χ2v) is 10.2. The Morgan fingerprint density at radius 1 is 1.19 bits per heavy atom. The van der Waals surface area contributed by atoms with Crippen molar-refractivity contribution in [1.29, 1.82) is 0 Å². The second-order valence-electron chi connectivity index (χ2n) is 8.11. The molecule has 3 heterocycles. The lowest BCUT2D eigenvalue weighted by Crippen LogP contribution is -2.68. The van der Waals surface area contributed by atoms with E-state index in [1.165, 1.54) is 33.1 Å². The van der Waals surface area contributed by atoms with Crippen LogP contribution in [0.3, 0.4) is 0 Å². The molecule has 2 atom stereocenters. The van der Waals surface area contributed by atoms with Crippen LogP contribution in [0, 0.1) is 12.3 Å². The lowest BCUT2D eigenvalue weighted by Gasteiger charge is -2.48. The minimum Gasteiger partial charge on any atom is -0.448 e. The number of carbonyl (C=O) groups excluding carboxylic acids is 2. The summed E-state index contributed by atoms with van der Waals surface area (Å²) in [7, 11) is 0. The number of aromatic nitrogens is 4. The molecular weight excluding hydrogens is 496 g/mol. The summed E-state index contributed by atoms with van der Waals surface area (Å²) in [6.07, 6.45) is 4.76. The maximum absolute atomic E-state index is 13.7. The fourth-order valence-corrected chi connectivity index (χ4v) is 6.37. The van der Waals surface area contributed by atoms with Crippen molar-refractivity contribution in [2.75, 3.05) is 11.5 Å². The number of benzene rings is 2. The first-order valence-electron chi connectivity index (χ1n) is 11.1. The van der Waals surface area contributed by atoms with Crippen LogP contribution in [0.15, 0.2) is 77.1 Å². The van der Waals surface area contributed by atoms with Gasteiger partial charge in [-0.2, -0.15) is 0 Å². The van der Waals surface area contributed by atoms with Gasteiger partial charge >= 0.3 is 5.97 Å². The fourth-order valence-electron chi connectivity index (χ4n) is 4.06. The van der Waals surface area contributed by atoms with Gasteiger partial charge in [-0.05, 0) is 27.1 Å². The van der Waals surface area contributed by atoms with Crippen molar-refractivity contribution in [2.24, 2.45) is 5.73 Å². The van der Waals surface area contributed by atoms with Crippen LogP contribution in [0.4, 0.5) is 0 Å². The van der Waals surface area contributed by atoms with Gasteiger partial charge in [-0.3, -0.25) is 9.69 Å². The van der Waals surface area contributed by atoms with Crippen LogP contribution in [0.2, 0.25) is 0 Å². The van der Waals surface area contributed by atoms with Crippen molar-refractivity contribution in [3.63, 3.8) is 0 Å². The second kappa shape index (κ2) is 10.6. The van der Waals surface area contributed by atoms with Gasteiger partial charge in [-0.25, -0.2) is 9.48 Å². The number of esters is 1. The molecule has 2 N–H and O–H groups in total. The van der Waals surface area contributed by atoms with Crippen molar-refractivity contribution < 1.29 is 14.3 Å². The number of carbonyl (C=O) groups is 2. The predicted molar refractivity (Wildman–Crippen MR) is 136 cm³/mol. The normalized spacial score (nSPS) is 19.0. The van der Waals surface area contributed by atoms with Crippen molar-refractivity contribution >= 4 is 35.4 Å². The smallest absolute Gasteiger partial charge is 0.356 e. The molecular formula is C25H22N6O3S2. The molecule has 1 aromatic heterocycles. The Labute approximate surface area is 216 Å². The number of thioether (sulfide) groups is 2. The minimum atomic E-state index is -0.644. The van der Waals surface area contributed by atoms with E-state index in [9.17, 15) is 9.59 Å². The minimum absolute atomic E-state index is 0.232. The number of hydrogen-bond donors (Lipinski definition) is 1. The zero-order chi connectivity index (χ0) is 25.1. The lowest BCUT2D eigenvalue weighted by molar-refractivity contribution is -0.153. The monoisotopic (exact) mass is 518 g/mol. The van der Waals surface area contributed by atoms with Gasteiger partial charge in [0.25, 0.3) is 0 Å². The van der Waals surface area contributed by atoms with Crippen molar-refractivity contribution in [3.05, 3.63) is 83.1 Å². The maximum atomic E-state index is 13.7. The van der Waals surface area contributed by atoms with Crippen molar-refractivity contribution in [2.45, 2.75) is 29.2 Å². The first-order chi connectivity index (χ1) is 17.6. The Kier molecular flexibility index (Phi) is 7.09. The Morgan fingerprint density at radius 3 is 2.50 bits per heavy atom. The van der Waals surface area contributed by atoms with Crippen LogP contribution in [0.1, 0.15) is 17.2 Å². The number of nitrogens with two attached hydrogens (primary N) is 1. The van der Waals surface area contributed by atoms with Gasteiger partial charge in [0, 0.05) is 11.5 Å². The van der Waals surface area contributed by atoms with Crippen LogP contribution in [0.25, 0.3) is 0 Å². The Hall–Kier alpha value is -3.59. The highest BCUT2D eigenvalue weighted by molar-refractivity contribution is 8.01. The Balaban J connectivity index is 1.46. The predicted octanol–water partition coefficient (Wildman–Crippen LogP) is 2.23. The zero-order valence-corrected chi connectivity index (χ0v) is 20.7. The molecule has 1 amide bonds. The highest BCUT2D eigenvalue weighted by Crippen LogP contribution is 2.42. The third-order valence-electron chi connectivity index (χ3n) is 5.83. The first-order valence-corrected chi connectivity index (χ1v) is 13.2. The summed E-state index contributed by atoms with van der Waals surface area (Å²) >= 11 is 2.87. The van der Waals surface area contributed by atoms with Gasteiger partial charge in [0.15, 0.2) is 6.10 Å². The Morgan fingerprint density at radius 2 is 1.86 bits per heavy atom. The number of β-lactam (4-membered cyclic amide) rings is 1. The standard InChI is InChI=1S/C25H22N6O3S2/c1-2-13-30-25(27-28-29-30)36-15-18-14-35-23-19(26)22(32)31(23)20(18)24(33)34-21(16-9-5-3-6-10-16)17-11-7-4-8-12-17/h1,3-12,19,21,23H,13-15,26H2/t19?,23-/m0/s1. The molecule has 5 rings (SSSR count). The molecule has 1 saturated heterocycles. The molecule has 0 radical (unpaired) electrons. The number of fused-ring (bicyclic) bond motifs is 1. The van der Waals surface area contributed by atoms with E-state index >= 15 is 0 Å². The van der Waals surface area contributed by atoms with Gasteiger partial charge in [0.1, 0.15) is 23.7 Å². The number of rotatable bonds is 8. The molecule has 0 bridgehead atoms. The number of nitrogens with zero attached hydrogens (tertiary/aromatic N) is 5. The number of amides is 1. The van der Waals surface area contributed by atoms with E-state index in [1.54, 1.807) is 0 Å². The highest BCUT2D eigenvalue weighted by atomic mass is 32.2. The summed E-state index contributed by atoms with van der Waals surface area (Å²) in [4.78, 5) is 27.9. The summed E-state index contributed by atoms with van der Waals surface area (Å²) in [6.45, 7) is 0.232. The molecule has 0 aliphatic carbocycles. The quantitative estimate of drug-likeness (QED) is 0.207. The summed E-state index contributed by atoms with van der Waals surface area (Å²) in [5.41, 5.74) is 8.68. The molecule has 2 aromatic carbocycles. The van der Waals surface area contributed by atoms with Gasteiger partial charge in [0.05, 0.1) is 0 Å². The fraction of sp³-hybridized carbons (Fsp3) is 0.240. The van der Waals surface area contributed by atoms with Gasteiger partial charge in [-0.1, -0.05) is 78.3 Å². The lowest BCUT2D eigenvalue weighted by atomic mass is 10.0. The van der Waals surface area contributed by atoms with Gasteiger partial charge in [-0.15, -0.1) is 23.3 Å². The van der Waals surface area contributed by atoms with Crippen LogP contribution in [-0.4, -0.2) is 59.9 Å². The van der Waals surface area contributed by atoms with Crippen LogP contribution in [0.5, 0.6) is 0 Å². The average molecular weight is 519 g/mol. The molecule has 36 heavy (non-hydrogen) atoms. The number of tetrazole rings is 1. The number of hydrogen-bond acceptors (Lipinski definition) is 9. The van der Waals surface area contributed by atoms with Crippen LogP contribution >= 0.6 is 23.5 Å². The van der Waals surface area contributed by atoms with Crippen molar-refractivity contribution in [1.82, 2.24) is 25.1 Å². The molecule has 9 nitrogen and oxygen atoms in total. The number of terminal acetylenes is 1. The highest BCUT2D eigenvalue weighted by Gasteiger charge is 2.52. The van der Waals surface area contributed by atoms with E-state index in [0.717, 1.165) is 16.7 Å². The van der Waals surface area contributed by atoms with Gasteiger partial charge < -0.3 is 10.5 Å². The molecule has 2 aliphatic rings. The Bertz CT molecular complexity index is 1300. The SMILES string of the molecule is C#CCn1nnnc1SCC1=C(C(=O)OC(c2ccccc2)c2ccccc2)N2C(=O)C(N)[C@@H]2SC1. The van der Waals surface area contributed by atoms with E-state index in [4.69, 9.17) is 16.9 Å². The molecule has 1 unspecified atom stereocenters. The summed E-state index contributed by atoms with van der Waals surface area (Å²) in [6, 6.07) is 18.4. The van der Waals surface area contributed by atoms with E-state index in [1.807, 2.05) is 60.7 Å². The topological polar surface area (TPSA) is 116 Å². The van der Waals surface area contributed by atoms with E-state index in [-0.39, 0.29) is 23.5 Å². The van der Waals surface area contributed by atoms with E-state index in [0.29, 0.717) is 16.7 Å². The van der Waals surface area contributed by atoms with Crippen LogP contribution in [-0.2, 0) is 20.9 Å². The molecule has 3 aromatic rings. The summed E-state index contributed by atoms with van der Waals surface area (Å²) in [5.74, 6) is 2.55. The summed E-state index contributed by atoms with van der Waals surface area (Å²) in [5, 5.41) is 11.8. The molecule has 0 saturated carbocycles. The number of ether oxygens (including phenoxy) is 1.